The van der Waals surface area contributed by atoms with Crippen molar-refractivity contribution in [1.29, 1.82) is 0 Å². The number of rotatable bonds is 2. The van der Waals surface area contributed by atoms with Gasteiger partial charge in [-0.05, 0) is 26.0 Å². The average Bonchev–Trinajstić information content (AvgIpc) is 2.38. The molecule has 2 atom stereocenters. The van der Waals surface area contributed by atoms with Crippen molar-refractivity contribution in [2.75, 3.05) is 13.1 Å². The first-order valence-corrected chi connectivity index (χ1v) is 7.52. The van der Waals surface area contributed by atoms with Crippen molar-refractivity contribution in [3.63, 3.8) is 0 Å². The second-order valence-corrected chi connectivity index (χ2v) is 6.15. The molecule has 2 aromatic rings. The van der Waals surface area contributed by atoms with Gasteiger partial charge in [0.1, 0.15) is 5.15 Å². The van der Waals surface area contributed by atoms with Gasteiger partial charge in [-0.15, -0.1) is 0 Å². The zero-order valence-electron chi connectivity index (χ0n) is 11.9. The average molecular weight is 290 g/mol. The summed E-state index contributed by atoms with van der Waals surface area (Å²) in [5.74, 6) is 0. The normalized spacial score (nSPS) is 24.1. The van der Waals surface area contributed by atoms with E-state index in [0.717, 1.165) is 36.1 Å². The number of nitrogens with zero attached hydrogens (tertiary/aromatic N) is 2. The smallest absolute Gasteiger partial charge is 0.134 e. The summed E-state index contributed by atoms with van der Waals surface area (Å²) in [5.41, 5.74) is 2.08. The monoisotopic (exact) mass is 289 g/mol. The molecular formula is C16H20ClN3. The van der Waals surface area contributed by atoms with Crippen molar-refractivity contribution in [3.05, 3.63) is 41.0 Å². The van der Waals surface area contributed by atoms with Crippen molar-refractivity contribution < 1.29 is 0 Å². The van der Waals surface area contributed by atoms with Gasteiger partial charge in [-0.3, -0.25) is 4.90 Å². The summed E-state index contributed by atoms with van der Waals surface area (Å²) < 4.78 is 0. The molecule has 1 saturated heterocycles. The fourth-order valence-electron chi connectivity index (χ4n) is 3.06. The predicted octanol–water partition coefficient (Wildman–Crippen LogP) is 3.07. The van der Waals surface area contributed by atoms with Crippen LogP contribution >= 0.6 is 11.6 Å². The molecule has 4 heteroatoms. The van der Waals surface area contributed by atoms with Crippen LogP contribution in [0.15, 0.2) is 30.3 Å². The summed E-state index contributed by atoms with van der Waals surface area (Å²) in [7, 11) is 0. The third kappa shape index (κ3) is 2.95. The molecular weight excluding hydrogens is 270 g/mol. The lowest BCUT2D eigenvalue weighted by molar-refractivity contribution is 0.166. The Morgan fingerprint density at radius 2 is 1.95 bits per heavy atom. The number of halogens is 1. The number of hydrogen-bond donors (Lipinski definition) is 1. The molecule has 2 heterocycles. The first-order valence-electron chi connectivity index (χ1n) is 7.14. The number of pyridine rings is 1. The molecule has 0 spiro atoms. The van der Waals surface area contributed by atoms with Crippen LogP contribution in [-0.4, -0.2) is 35.1 Å². The third-order valence-corrected chi connectivity index (χ3v) is 4.10. The highest BCUT2D eigenvalue weighted by Crippen LogP contribution is 2.22. The lowest BCUT2D eigenvalue weighted by atomic mass is 10.1. The molecule has 1 N–H and O–H groups in total. The van der Waals surface area contributed by atoms with Crippen LogP contribution in [0.3, 0.4) is 0 Å². The summed E-state index contributed by atoms with van der Waals surface area (Å²) in [5, 5.41) is 5.33. The molecule has 1 aliphatic heterocycles. The third-order valence-electron chi connectivity index (χ3n) is 3.78. The Balaban J connectivity index is 1.85. The molecule has 1 aliphatic rings. The molecule has 3 nitrogen and oxygen atoms in total. The summed E-state index contributed by atoms with van der Waals surface area (Å²) in [6.45, 7) is 7.42. The first-order chi connectivity index (χ1) is 9.61. The van der Waals surface area contributed by atoms with E-state index < -0.39 is 0 Å². The van der Waals surface area contributed by atoms with E-state index in [1.165, 1.54) is 0 Å². The number of benzene rings is 1. The molecule has 0 aliphatic carbocycles. The second-order valence-electron chi connectivity index (χ2n) is 5.79. The van der Waals surface area contributed by atoms with Crippen molar-refractivity contribution in [2.45, 2.75) is 32.5 Å². The van der Waals surface area contributed by atoms with E-state index in [9.17, 15) is 0 Å². The molecule has 0 saturated carbocycles. The Labute approximate surface area is 124 Å². The summed E-state index contributed by atoms with van der Waals surface area (Å²) in [6, 6.07) is 11.3. The van der Waals surface area contributed by atoms with Crippen LogP contribution in [0, 0.1) is 0 Å². The van der Waals surface area contributed by atoms with E-state index in [2.05, 4.69) is 41.2 Å². The zero-order chi connectivity index (χ0) is 14.1. The fraction of sp³-hybridized carbons (Fsp3) is 0.438. The Bertz CT molecular complexity index is 604. The molecule has 3 rings (SSSR count). The maximum Gasteiger partial charge on any atom is 0.134 e. The zero-order valence-corrected chi connectivity index (χ0v) is 12.7. The molecule has 106 valence electrons. The maximum absolute atomic E-state index is 6.34. The van der Waals surface area contributed by atoms with E-state index in [4.69, 9.17) is 11.6 Å². The molecule has 0 radical (unpaired) electrons. The molecule has 0 amide bonds. The standard InChI is InChI=1S/C16H20ClN3/c1-11-8-20(9-12(2)18-11)10-14-7-13-5-3-4-6-15(13)19-16(14)17/h3-7,11-12,18H,8-10H2,1-2H3. The molecule has 0 bridgehead atoms. The van der Waals surface area contributed by atoms with E-state index in [1.807, 2.05) is 18.2 Å². The molecule has 20 heavy (non-hydrogen) atoms. The predicted molar refractivity (Wildman–Crippen MR) is 84.1 cm³/mol. The Kier molecular flexibility index (Phi) is 3.92. The van der Waals surface area contributed by atoms with Crippen LogP contribution < -0.4 is 5.32 Å². The van der Waals surface area contributed by atoms with Gasteiger partial charge in [0.05, 0.1) is 5.52 Å². The van der Waals surface area contributed by atoms with Gasteiger partial charge in [-0.2, -0.15) is 0 Å². The van der Waals surface area contributed by atoms with Crippen LogP contribution in [0.5, 0.6) is 0 Å². The SMILES string of the molecule is CC1CN(Cc2cc3ccccc3nc2Cl)CC(C)N1. The van der Waals surface area contributed by atoms with E-state index >= 15 is 0 Å². The molecule has 1 fully saturated rings. The van der Waals surface area contributed by atoms with Gasteiger partial charge in [0.2, 0.25) is 0 Å². The van der Waals surface area contributed by atoms with Gasteiger partial charge < -0.3 is 5.32 Å². The Morgan fingerprint density at radius 3 is 2.70 bits per heavy atom. The molecule has 1 aromatic carbocycles. The van der Waals surface area contributed by atoms with E-state index in [0.29, 0.717) is 17.2 Å². The van der Waals surface area contributed by atoms with Gasteiger partial charge in [0, 0.05) is 42.7 Å². The van der Waals surface area contributed by atoms with E-state index in [1.54, 1.807) is 0 Å². The van der Waals surface area contributed by atoms with Crippen molar-refractivity contribution in [3.8, 4) is 0 Å². The van der Waals surface area contributed by atoms with E-state index in [-0.39, 0.29) is 0 Å². The van der Waals surface area contributed by atoms with Crippen LogP contribution in [0.2, 0.25) is 5.15 Å². The number of hydrogen-bond acceptors (Lipinski definition) is 3. The lowest BCUT2D eigenvalue weighted by Crippen LogP contribution is -2.53. The molecule has 1 aromatic heterocycles. The summed E-state index contributed by atoms with van der Waals surface area (Å²) in [4.78, 5) is 6.95. The quantitative estimate of drug-likeness (QED) is 0.861. The van der Waals surface area contributed by atoms with Crippen LogP contribution in [0.1, 0.15) is 19.4 Å². The second kappa shape index (κ2) is 5.68. The largest absolute Gasteiger partial charge is 0.309 e. The topological polar surface area (TPSA) is 28.2 Å². The van der Waals surface area contributed by atoms with Gasteiger partial charge in [-0.1, -0.05) is 29.8 Å². The van der Waals surface area contributed by atoms with Gasteiger partial charge in [0.25, 0.3) is 0 Å². The highest BCUT2D eigenvalue weighted by molar-refractivity contribution is 6.30. The number of nitrogens with one attached hydrogen (secondary N) is 1. The number of piperazine rings is 1. The maximum atomic E-state index is 6.34. The minimum absolute atomic E-state index is 0.519. The summed E-state index contributed by atoms with van der Waals surface area (Å²) >= 11 is 6.34. The summed E-state index contributed by atoms with van der Waals surface area (Å²) in [6.07, 6.45) is 0. The number of aromatic nitrogens is 1. The highest BCUT2D eigenvalue weighted by atomic mass is 35.5. The minimum Gasteiger partial charge on any atom is -0.309 e. The number of fused-ring (bicyclic) bond motifs is 1. The van der Waals surface area contributed by atoms with Crippen LogP contribution in [0.25, 0.3) is 10.9 Å². The van der Waals surface area contributed by atoms with Gasteiger partial charge >= 0.3 is 0 Å². The highest BCUT2D eigenvalue weighted by Gasteiger charge is 2.21. The van der Waals surface area contributed by atoms with Crippen molar-refractivity contribution in [1.82, 2.24) is 15.2 Å². The van der Waals surface area contributed by atoms with Gasteiger partial charge in [0.15, 0.2) is 0 Å². The van der Waals surface area contributed by atoms with Gasteiger partial charge in [-0.25, -0.2) is 4.98 Å². The van der Waals surface area contributed by atoms with Crippen LogP contribution in [-0.2, 0) is 6.54 Å². The fourth-order valence-corrected chi connectivity index (χ4v) is 3.26. The molecule has 2 unspecified atom stereocenters. The first kappa shape index (κ1) is 13.8. The van der Waals surface area contributed by atoms with Crippen molar-refractivity contribution in [2.24, 2.45) is 0 Å². The lowest BCUT2D eigenvalue weighted by Gasteiger charge is -2.36. The number of para-hydroxylation sites is 1. The van der Waals surface area contributed by atoms with Crippen LogP contribution in [0.4, 0.5) is 0 Å². The minimum atomic E-state index is 0.519. The Hall–Kier alpha value is -1.16. The Morgan fingerprint density at radius 1 is 1.25 bits per heavy atom. The van der Waals surface area contributed by atoms with Crippen molar-refractivity contribution >= 4 is 22.5 Å².